The molecule has 0 atom stereocenters. The third kappa shape index (κ3) is 7.01. The van der Waals surface area contributed by atoms with Crippen LogP contribution in [0.25, 0.3) is 0 Å². The van der Waals surface area contributed by atoms with E-state index in [0.717, 1.165) is 37.3 Å². The number of rotatable bonds is 4. The Morgan fingerprint density at radius 1 is 1.12 bits per heavy atom. The molecule has 0 saturated carbocycles. The predicted octanol–water partition coefficient (Wildman–Crippen LogP) is 1.83. The molecule has 1 heterocycles. The van der Waals surface area contributed by atoms with Crippen molar-refractivity contribution in [2.45, 2.75) is 39.5 Å². The quantitative estimate of drug-likeness (QED) is 0.775. The van der Waals surface area contributed by atoms with Gasteiger partial charge in [-0.05, 0) is 31.9 Å². The summed E-state index contributed by atoms with van der Waals surface area (Å²) < 4.78 is 5.22. The Hall–Kier alpha value is -2.28. The summed E-state index contributed by atoms with van der Waals surface area (Å²) in [6.07, 6.45) is -0.440. The van der Waals surface area contributed by atoms with Crippen LogP contribution in [0.2, 0.25) is 0 Å². The molecule has 1 aromatic rings. The molecule has 0 aliphatic carbocycles. The zero-order valence-electron chi connectivity index (χ0n) is 15.2. The van der Waals surface area contributed by atoms with Crippen LogP contribution in [-0.2, 0) is 17.8 Å². The normalized spacial score (nSPS) is 14.8. The van der Waals surface area contributed by atoms with Gasteiger partial charge in [-0.1, -0.05) is 24.3 Å². The summed E-state index contributed by atoms with van der Waals surface area (Å²) in [5.74, 6) is 0. The molecule has 7 heteroatoms. The van der Waals surface area contributed by atoms with Gasteiger partial charge in [0.2, 0.25) is 0 Å². The first kappa shape index (κ1) is 19.1. The Morgan fingerprint density at radius 2 is 1.72 bits per heavy atom. The summed E-state index contributed by atoms with van der Waals surface area (Å²) in [7, 11) is 0. The van der Waals surface area contributed by atoms with Crippen LogP contribution in [0, 0.1) is 0 Å². The first-order valence-corrected chi connectivity index (χ1v) is 8.62. The standard InChI is InChI=1S/C18H28N4O3/c1-18(2,3)25-17(24)21-13-15-6-4-5-14(11-15)12-20-16(23)22-9-7-19-8-10-22/h4-6,11,19H,7-10,12-13H2,1-3H3,(H,20,23)(H,21,24). The number of benzene rings is 1. The smallest absolute Gasteiger partial charge is 0.407 e. The van der Waals surface area contributed by atoms with Gasteiger partial charge in [0.1, 0.15) is 5.60 Å². The molecule has 1 fully saturated rings. The summed E-state index contributed by atoms with van der Waals surface area (Å²) >= 11 is 0. The minimum Gasteiger partial charge on any atom is -0.444 e. The first-order valence-electron chi connectivity index (χ1n) is 8.62. The van der Waals surface area contributed by atoms with Crippen molar-refractivity contribution in [1.29, 1.82) is 0 Å². The zero-order chi connectivity index (χ0) is 18.3. The fourth-order valence-electron chi connectivity index (χ4n) is 2.50. The van der Waals surface area contributed by atoms with Crippen LogP contribution >= 0.6 is 0 Å². The molecule has 0 radical (unpaired) electrons. The van der Waals surface area contributed by atoms with Gasteiger partial charge in [-0.15, -0.1) is 0 Å². The molecule has 7 nitrogen and oxygen atoms in total. The number of piperazine rings is 1. The molecule has 0 aromatic heterocycles. The number of nitrogens with one attached hydrogen (secondary N) is 3. The number of amides is 3. The summed E-state index contributed by atoms with van der Waals surface area (Å²) in [6.45, 7) is 9.45. The second kappa shape index (κ2) is 8.71. The van der Waals surface area contributed by atoms with E-state index in [1.807, 2.05) is 49.9 Å². The van der Waals surface area contributed by atoms with Gasteiger partial charge in [0.15, 0.2) is 0 Å². The maximum Gasteiger partial charge on any atom is 0.407 e. The molecule has 3 amide bonds. The predicted molar refractivity (Wildman–Crippen MR) is 96.2 cm³/mol. The lowest BCUT2D eigenvalue weighted by atomic mass is 10.1. The number of hydrogen-bond donors (Lipinski definition) is 3. The molecule has 3 N–H and O–H groups in total. The van der Waals surface area contributed by atoms with Gasteiger partial charge in [0.05, 0.1) is 0 Å². The van der Waals surface area contributed by atoms with Crippen LogP contribution in [-0.4, -0.2) is 48.8 Å². The number of alkyl carbamates (subject to hydrolysis) is 1. The monoisotopic (exact) mass is 348 g/mol. The maximum absolute atomic E-state index is 12.1. The Labute approximate surface area is 149 Å². The number of carbonyl (C=O) groups is 2. The number of hydrogen-bond acceptors (Lipinski definition) is 4. The Morgan fingerprint density at radius 3 is 2.32 bits per heavy atom. The molecule has 0 unspecified atom stereocenters. The lowest BCUT2D eigenvalue weighted by Crippen LogP contribution is -2.50. The van der Waals surface area contributed by atoms with Gasteiger partial charge in [0.25, 0.3) is 0 Å². The minimum atomic E-state index is -0.514. The van der Waals surface area contributed by atoms with Crippen molar-refractivity contribution >= 4 is 12.1 Å². The second-order valence-electron chi connectivity index (χ2n) is 7.07. The Bertz CT molecular complexity index is 592. The van der Waals surface area contributed by atoms with Crippen molar-refractivity contribution in [3.05, 3.63) is 35.4 Å². The summed E-state index contributed by atoms with van der Waals surface area (Å²) in [6, 6.07) is 7.72. The van der Waals surface area contributed by atoms with E-state index in [4.69, 9.17) is 4.74 Å². The highest BCUT2D eigenvalue weighted by Crippen LogP contribution is 2.08. The number of nitrogens with zero attached hydrogens (tertiary/aromatic N) is 1. The highest BCUT2D eigenvalue weighted by atomic mass is 16.6. The molecule has 0 spiro atoms. The average molecular weight is 348 g/mol. The maximum atomic E-state index is 12.1. The van der Waals surface area contributed by atoms with E-state index >= 15 is 0 Å². The largest absolute Gasteiger partial charge is 0.444 e. The summed E-state index contributed by atoms with van der Waals surface area (Å²) in [5, 5.41) is 8.90. The third-order valence-electron chi connectivity index (χ3n) is 3.68. The molecule has 1 aromatic carbocycles. The summed E-state index contributed by atoms with van der Waals surface area (Å²) in [4.78, 5) is 25.6. The second-order valence-corrected chi connectivity index (χ2v) is 7.07. The average Bonchev–Trinajstić information content (AvgIpc) is 2.57. The molecule has 25 heavy (non-hydrogen) atoms. The molecular weight excluding hydrogens is 320 g/mol. The van der Waals surface area contributed by atoms with Crippen molar-refractivity contribution in [3.8, 4) is 0 Å². The molecule has 1 saturated heterocycles. The lowest BCUT2D eigenvalue weighted by molar-refractivity contribution is 0.0523. The van der Waals surface area contributed by atoms with E-state index in [1.165, 1.54) is 0 Å². The topological polar surface area (TPSA) is 82.7 Å². The highest BCUT2D eigenvalue weighted by molar-refractivity contribution is 5.74. The molecular formula is C18H28N4O3. The fraction of sp³-hybridized carbons (Fsp3) is 0.556. The van der Waals surface area contributed by atoms with Crippen LogP contribution < -0.4 is 16.0 Å². The number of urea groups is 1. The van der Waals surface area contributed by atoms with Crippen molar-refractivity contribution < 1.29 is 14.3 Å². The van der Waals surface area contributed by atoms with Crippen molar-refractivity contribution in [1.82, 2.24) is 20.9 Å². The van der Waals surface area contributed by atoms with Crippen molar-refractivity contribution in [2.24, 2.45) is 0 Å². The fourth-order valence-corrected chi connectivity index (χ4v) is 2.50. The van der Waals surface area contributed by atoms with Crippen molar-refractivity contribution in [2.75, 3.05) is 26.2 Å². The molecule has 2 rings (SSSR count). The van der Waals surface area contributed by atoms with E-state index in [-0.39, 0.29) is 6.03 Å². The van der Waals surface area contributed by atoms with E-state index < -0.39 is 11.7 Å². The highest BCUT2D eigenvalue weighted by Gasteiger charge is 2.16. The Kier molecular flexibility index (Phi) is 6.64. The molecule has 1 aliphatic heterocycles. The van der Waals surface area contributed by atoms with E-state index in [1.54, 1.807) is 0 Å². The number of carbonyl (C=O) groups excluding carboxylic acids is 2. The van der Waals surface area contributed by atoms with Crippen LogP contribution in [0.15, 0.2) is 24.3 Å². The van der Waals surface area contributed by atoms with Gasteiger partial charge in [0, 0.05) is 39.3 Å². The van der Waals surface area contributed by atoms with E-state index in [0.29, 0.717) is 13.1 Å². The molecule has 1 aliphatic rings. The third-order valence-corrected chi connectivity index (χ3v) is 3.68. The van der Waals surface area contributed by atoms with Gasteiger partial charge in [-0.25, -0.2) is 9.59 Å². The molecule has 138 valence electrons. The number of ether oxygens (including phenoxy) is 1. The lowest BCUT2D eigenvalue weighted by Gasteiger charge is -2.27. The Balaban J connectivity index is 1.80. The van der Waals surface area contributed by atoms with Crippen LogP contribution in [0.1, 0.15) is 31.9 Å². The van der Waals surface area contributed by atoms with E-state index in [2.05, 4.69) is 16.0 Å². The summed E-state index contributed by atoms with van der Waals surface area (Å²) in [5.41, 5.74) is 1.44. The van der Waals surface area contributed by atoms with Crippen LogP contribution in [0.5, 0.6) is 0 Å². The van der Waals surface area contributed by atoms with Gasteiger partial charge in [-0.3, -0.25) is 0 Å². The van der Waals surface area contributed by atoms with Crippen molar-refractivity contribution in [3.63, 3.8) is 0 Å². The zero-order valence-corrected chi connectivity index (χ0v) is 15.2. The SMILES string of the molecule is CC(C)(C)OC(=O)NCc1cccc(CNC(=O)N2CCNCC2)c1. The van der Waals surface area contributed by atoms with Gasteiger partial charge < -0.3 is 25.6 Å². The van der Waals surface area contributed by atoms with Gasteiger partial charge >= 0.3 is 12.1 Å². The molecule has 0 bridgehead atoms. The first-order chi connectivity index (χ1) is 11.8. The van der Waals surface area contributed by atoms with Gasteiger partial charge in [-0.2, -0.15) is 0 Å². The van der Waals surface area contributed by atoms with E-state index in [9.17, 15) is 9.59 Å². The van der Waals surface area contributed by atoms with Crippen LogP contribution in [0.4, 0.5) is 9.59 Å². The minimum absolute atomic E-state index is 0.0428. The van der Waals surface area contributed by atoms with Crippen LogP contribution in [0.3, 0.4) is 0 Å².